The van der Waals surface area contributed by atoms with Crippen LogP contribution in [0.5, 0.6) is 5.75 Å². The molecular formula is C26H30ClFO4. The Morgan fingerprint density at radius 1 is 1.31 bits per heavy atom. The average Bonchev–Trinajstić information content (AvgIpc) is 2.72. The third kappa shape index (κ3) is 5.33. The minimum Gasteiger partial charge on any atom is -0.480 e. The maximum Gasteiger partial charge on any atom is 0.341 e. The van der Waals surface area contributed by atoms with Crippen LogP contribution in [0.2, 0.25) is 5.02 Å². The van der Waals surface area contributed by atoms with Crippen molar-refractivity contribution in [2.45, 2.75) is 58.2 Å². The predicted octanol–water partition coefficient (Wildman–Crippen LogP) is 6.89. The average molecular weight is 461 g/mol. The Morgan fingerprint density at radius 3 is 2.53 bits per heavy atom. The lowest BCUT2D eigenvalue weighted by molar-refractivity contribution is -0.139. The molecule has 0 unspecified atom stereocenters. The molecule has 3 rings (SSSR count). The molecule has 4 atom stereocenters. The minimum absolute atomic E-state index is 0.0179. The number of carboxylic acids is 1. The molecule has 32 heavy (non-hydrogen) atoms. The number of hydrogen-bond donors (Lipinski definition) is 1. The third-order valence-electron chi connectivity index (χ3n) is 6.15. The summed E-state index contributed by atoms with van der Waals surface area (Å²) in [5.74, 6) is -1.06. The lowest BCUT2D eigenvalue weighted by Crippen LogP contribution is -2.34. The molecule has 172 valence electrons. The number of benzene rings is 2. The molecule has 0 saturated carbocycles. The van der Waals surface area contributed by atoms with Gasteiger partial charge in [0.2, 0.25) is 0 Å². The quantitative estimate of drug-likeness (QED) is 0.457. The van der Waals surface area contributed by atoms with Gasteiger partial charge in [-0.2, -0.15) is 0 Å². The van der Waals surface area contributed by atoms with E-state index in [1.807, 2.05) is 13.8 Å². The van der Waals surface area contributed by atoms with Crippen LogP contribution in [0, 0.1) is 11.7 Å². The van der Waals surface area contributed by atoms with E-state index < -0.39 is 24.5 Å². The molecule has 1 N–H and O–H groups in total. The molecular weight excluding hydrogens is 431 g/mol. The third-order valence-corrected chi connectivity index (χ3v) is 6.43. The van der Waals surface area contributed by atoms with E-state index in [4.69, 9.17) is 26.2 Å². The molecule has 2 aromatic carbocycles. The molecule has 6 heteroatoms. The lowest BCUT2D eigenvalue weighted by atomic mass is 9.75. The molecule has 0 bridgehead atoms. The number of halogens is 2. The Bertz CT molecular complexity index is 986. The SMILES string of the molecule is C=C(C)[C@H]1C[C@H](c2ccc(C(C)C)cc2)[C@H](C)O[C@@H]1c1cc(F)cc(Cl)c1OCC(=O)O. The second-order valence-electron chi connectivity index (χ2n) is 8.87. The van der Waals surface area contributed by atoms with Gasteiger partial charge < -0.3 is 14.6 Å². The molecule has 1 aliphatic heterocycles. The van der Waals surface area contributed by atoms with Crippen molar-refractivity contribution in [3.05, 3.63) is 76.1 Å². The lowest BCUT2D eigenvalue weighted by Gasteiger charge is -2.42. The Kier molecular flexibility index (Phi) is 7.63. The summed E-state index contributed by atoms with van der Waals surface area (Å²) in [5.41, 5.74) is 3.77. The molecule has 0 aliphatic carbocycles. The van der Waals surface area contributed by atoms with Gasteiger partial charge in [0.05, 0.1) is 17.2 Å². The van der Waals surface area contributed by atoms with Crippen LogP contribution in [0.1, 0.15) is 68.7 Å². The first-order chi connectivity index (χ1) is 15.1. The van der Waals surface area contributed by atoms with Crippen molar-refractivity contribution >= 4 is 17.6 Å². The Morgan fingerprint density at radius 2 is 1.97 bits per heavy atom. The highest BCUT2D eigenvalue weighted by Gasteiger charge is 2.39. The smallest absolute Gasteiger partial charge is 0.341 e. The fourth-order valence-electron chi connectivity index (χ4n) is 4.37. The van der Waals surface area contributed by atoms with Gasteiger partial charge in [0, 0.05) is 17.4 Å². The van der Waals surface area contributed by atoms with E-state index in [0.29, 0.717) is 11.5 Å². The number of aliphatic carboxylic acids is 1. The molecule has 1 saturated heterocycles. The van der Waals surface area contributed by atoms with Crippen molar-refractivity contribution in [3.8, 4) is 5.75 Å². The summed E-state index contributed by atoms with van der Waals surface area (Å²) in [6.45, 7) is 11.8. The van der Waals surface area contributed by atoms with Gasteiger partial charge in [-0.25, -0.2) is 9.18 Å². The van der Waals surface area contributed by atoms with E-state index in [0.717, 1.165) is 18.1 Å². The van der Waals surface area contributed by atoms with E-state index in [9.17, 15) is 9.18 Å². The van der Waals surface area contributed by atoms with Crippen LogP contribution in [0.3, 0.4) is 0 Å². The number of carbonyl (C=O) groups is 1. The van der Waals surface area contributed by atoms with E-state index in [1.54, 1.807) is 0 Å². The molecule has 0 amide bonds. The fraction of sp³-hybridized carbons (Fsp3) is 0.423. The Balaban J connectivity index is 1.96. The van der Waals surface area contributed by atoms with Crippen molar-refractivity contribution in [3.63, 3.8) is 0 Å². The maximum atomic E-state index is 14.3. The number of ether oxygens (including phenoxy) is 2. The second-order valence-corrected chi connectivity index (χ2v) is 9.27. The highest BCUT2D eigenvalue weighted by Crippen LogP contribution is 2.49. The van der Waals surface area contributed by atoms with E-state index >= 15 is 0 Å². The van der Waals surface area contributed by atoms with Crippen LogP contribution in [0.25, 0.3) is 0 Å². The normalized spacial score (nSPS) is 23.2. The predicted molar refractivity (Wildman–Crippen MR) is 124 cm³/mol. The second kappa shape index (κ2) is 10.1. The fourth-order valence-corrected chi connectivity index (χ4v) is 4.64. The van der Waals surface area contributed by atoms with Gasteiger partial charge in [-0.05, 0) is 49.4 Å². The van der Waals surface area contributed by atoms with Gasteiger partial charge in [0.15, 0.2) is 6.61 Å². The molecule has 0 radical (unpaired) electrons. The number of rotatable bonds is 7. The van der Waals surface area contributed by atoms with Gasteiger partial charge in [0.25, 0.3) is 0 Å². The zero-order valence-electron chi connectivity index (χ0n) is 18.9. The summed E-state index contributed by atoms with van der Waals surface area (Å²) in [6, 6.07) is 11.0. The standard InChI is InChI=1S/C26H30ClFO4/c1-14(2)17-6-8-18(9-7-17)21-12-20(15(3)4)25(32-16(21)5)22-10-19(28)11-23(27)26(22)31-13-24(29)30/h6-11,14,16,20-21,25H,3,12-13H2,1-2,4-5H3,(H,29,30)/t16-,20+,21-,25-/m0/s1. The molecule has 0 aromatic heterocycles. The van der Waals surface area contributed by atoms with Gasteiger partial charge in [-0.15, -0.1) is 0 Å². The van der Waals surface area contributed by atoms with Crippen molar-refractivity contribution in [2.75, 3.05) is 6.61 Å². The highest BCUT2D eigenvalue weighted by molar-refractivity contribution is 6.32. The summed E-state index contributed by atoms with van der Waals surface area (Å²) in [4.78, 5) is 11.0. The zero-order chi connectivity index (χ0) is 23.6. The number of hydrogen-bond acceptors (Lipinski definition) is 3. The summed E-state index contributed by atoms with van der Waals surface area (Å²) in [7, 11) is 0. The largest absolute Gasteiger partial charge is 0.480 e. The molecule has 1 aliphatic rings. The summed E-state index contributed by atoms with van der Waals surface area (Å²) >= 11 is 6.23. The molecule has 4 nitrogen and oxygen atoms in total. The van der Waals surface area contributed by atoms with Crippen molar-refractivity contribution < 1.29 is 23.8 Å². The van der Waals surface area contributed by atoms with Gasteiger partial charge in [0.1, 0.15) is 11.6 Å². The van der Waals surface area contributed by atoms with E-state index in [-0.39, 0.29) is 28.7 Å². The van der Waals surface area contributed by atoms with Crippen molar-refractivity contribution in [1.82, 2.24) is 0 Å². The monoisotopic (exact) mass is 460 g/mol. The van der Waals surface area contributed by atoms with E-state index in [1.165, 1.54) is 17.2 Å². The first-order valence-corrected chi connectivity index (χ1v) is 11.2. The first kappa shape index (κ1) is 24.3. The summed E-state index contributed by atoms with van der Waals surface area (Å²) in [6.07, 6.45) is 0.0508. The van der Waals surface area contributed by atoms with Gasteiger partial charge in [-0.3, -0.25) is 0 Å². The van der Waals surface area contributed by atoms with Crippen LogP contribution >= 0.6 is 11.6 Å². The Labute approximate surface area is 194 Å². The van der Waals surface area contributed by atoms with Gasteiger partial charge in [-0.1, -0.05) is 61.9 Å². The zero-order valence-corrected chi connectivity index (χ0v) is 19.7. The highest BCUT2D eigenvalue weighted by atomic mass is 35.5. The molecule has 1 heterocycles. The molecule has 1 fully saturated rings. The summed E-state index contributed by atoms with van der Waals surface area (Å²) in [5, 5.41) is 9.05. The first-order valence-electron chi connectivity index (χ1n) is 10.8. The van der Waals surface area contributed by atoms with Crippen LogP contribution in [0.15, 0.2) is 48.6 Å². The van der Waals surface area contributed by atoms with Crippen molar-refractivity contribution in [2.24, 2.45) is 5.92 Å². The molecule has 2 aromatic rings. The Hall–Kier alpha value is -2.37. The minimum atomic E-state index is -1.14. The van der Waals surface area contributed by atoms with Gasteiger partial charge >= 0.3 is 5.97 Å². The van der Waals surface area contributed by atoms with E-state index in [2.05, 4.69) is 44.7 Å². The van der Waals surface area contributed by atoms with Crippen LogP contribution < -0.4 is 4.74 Å². The van der Waals surface area contributed by atoms with Crippen LogP contribution in [-0.2, 0) is 9.53 Å². The van der Waals surface area contributed by atoms with Crippen molar-refractivity contribution in [1.29, 1.82) is 0 Å². The summed E-state index contributed by atoms with van der Waals surface area (Å²) < 4.78 is 26.2. The molecule has 0 spiro atoms. The van der Waals surface area contributed by atoms with Crippen LogP contribution in [-0.4, -0.2) is 23.8 Å². The topological polar surface area (TPSA) is 55.8 Å². The van der Waals surface area contributed by atoms with Crippen LogP contribution in [0.4, 0.5) is 4.39 Å². The maximum absolute atomic E-state index is 14.3. The number of carboxylic acid groups (broad SMARTS) is 1.